The highest BCUT2D eigenvalue weighted by Gasteiger charge is 2.20. The van der Waals surface area contributed by atoms with E-state index in [1.54, 1.807) is 6.07 Å². The van der Waals surface area contributed by atoms with Crippen LogP contribution in [0, 0.1) is 12.8 Å². The summed E-state index contributed by atoms with van der Waals surface area (Å²) in [6.07, 6.45) is 2.30. The van der Waals surface area contributed by atoms with E-state index in [4.69, 9.17) is 11.6 Å². The zero-order valence-electron chi connectivity index (χ0n) is 14.4. The first-order chi connectivity index (χ1) is 11.0. The lowest BCUT2D eigenvalue weighted by Crippen LogP contribution is -2.41. The number of nitrogens with zero attached hydrogens (tertiary/aromatic N) is 2. The maximum atomic E-state index is 12.3. The molecule has 23 heavy (non-hydrogen) atoms. The van der Waals surface area contributed by atoms with Crippen LogP contribution in [-0.4, -0.2) is 62.5 Å². The Bertz CT molecular complexity index is 525. The van der Waals surface area contributed by atoms with Gasteiger partial charge in [0.05, 0.1) is 10.6 Å². The maximum Gasteiger partial charge on any atom is 0.252 e. The molecule has 1 aromatic rings. The number of piperidine rings is 1. The Morgan fingerprint density at radius 3 is 2.70 bits per heavy atom. The number of halogens is 1. The molecule has 1 aliphatic rings. The van der Waals surface area contributed by atoms with Crippen LogP contribution in [0.25, 0.3) is 0 Å². The molecular formula is C18H28ClN3O. The first-order valence-corrected chi connectivity index (χ1v) is 8.75. The average Bonchev–Trinajstić information content (AvgIpc) is 2.54. The van der Waals surface area contributed by atoms with Gasteiger partial charge in [-0.1, -0.05) is 23.7 Å². The first-order valence-electron chi connectivity index (χ1n) is 8.37. The second-order valence-electron chi connectivity index (χ2n) is 6.73. The van der Waals surface area contributed by atoms with Crippen LogP contribution in [0.15, 0.2) is 18.2 Å². The molecular weight excluding hydrogens is 310 g/mol. The topological polar surface area (TPSA) is 35.6 Å². The fourth-order valence-corrected chi connectivity index (χ4v) is 3.12. The van der Waals surface area contributed by atoms with E-state index in [9.17, 15) is 4.79 Å². The van der Waals surface area contributed by atoms with Gasteiger partial charge < -0.3 is 15.1 Å². The summed E-state index contributed by atoms with van der Waals surface area (Å²) in [4.78, 5) is 17.0. The van der Waals surface area contributed by atoms with E-state index in [-0.39, 0.29) is 5.91 Å². The second kappa shape index (κ2) is 8.67. The van der Waals surface area contributed by atoms with Crippen LogP contribution in [0.1, 0.15) is 28.8 Å². The molecule has 1 saturated heterocycles. The minimum atomic E-state index is -0.0614. The van der Waals surface area contributed by atoms with Gasteiger partial charge in [0.1, 0.15) is 0 Å². The highest BCUT2D eigenvalue weighted by atomic mass is 35.5. The summed E-state index contributed by atoms with van der Waals surface area (Å²) in [5.74, 6) is 0.506. The second-order valence-corrected chi connectivity index (χ2v) is 7.11. The Hall–Kier alpha value is -1.10. The minimum Gasteiger partial charge on any atom is -0.352 e. The zero-order valence-corrected chi connectivity index (χ0v) is 15.2. The van der Waals surface area contributed by atoms with Crippen LogP contribution in [-0.2, 0) is 0 Å². The zero-order chi connectivity index (χ0) is 16.8. The molecule has 5 heteroatoms. The number of rotatable bonds is 6. The van der Waals surface area contributed by atoms with Crippen molar-refractivity contribution in [3.8, 4) is 0 Å². The third kappa shape index (κ3) is 5.48. The van der Waals surface area contributed by atoms with Crippen LogP contribution in [0.3, 0.4) is 0 Å². The monoisotopic (exact) mass is 337 g/mol. The first kappa shape index (κ1) is 18.2. The Balaban J connectivity index is 1.75. The SMILES string of the molecule is Cc1cccc(C(=O)NCC2CCN(CCN(C)C)CC2)c1Cl. The third-order valence-electron chi connectivity index (χ3n) is 4.56. The molecule has 0 saturated carbocycles. The van der Waals surface area contributed by atoms with Gasteiger partial charge in [-0.05, 0) is 64.5 Å². The Morgan fingerprint density at radius 2 is 2.04 bits per heavy atom. The molecule has 4 nitrogen and oxygen atoms in total. The van der Waals surface area contributed by atoms with Gasteiger partial charge in [-0.2, -0.15) is 0 Å². The van der Waals surface area contributed by atoms with Crippen LogP contribution < -0.4 is 5.32 Å². The van der Waals surface area contributed by atoms with Crippen molar-refractivity contribution >= 4 is 17.5 Å². The van der Waals surface area contributed by atoms with Gasteiger partial charge in [-0.3, -0.25) is 4.79 Å². The molecule has 1 N–H and O–H groups in total. The largest absolute Gasteiger partial charge is 0.352 e. The molecule has 0 spiro atoms. The predicted molar refractivity (Wildman–Crippen MR) is 96.2 cm³/mol. The summed E-state index contributed by atoms with van der Waals surface area (Å²) in [5.41, 5.74) is 1.52. The summed E-state index contributed by atoms with van der Waals surface area (Å²) >= 11 is 6.22. The molecule has 0 bridgehead atoms. The summed E-state index contributed by atoms with van der Waals surface area (Å²) in [5, 5.41) is 3.61. The van der Waals surface area contributed by atoms with Crippen molar-refractivity contribution < 1.29 is 4.79 Å². The molecule has 1 aromatic carbocycles. The van der Waals surface area contributed by atoms with Gasteiger partial charge in [-0.25, -0.2) is 0 Å². The molecule has 0 aliphatic carbocycles. The van der Waals surface area contributed by atoms with Crippen LogP contribution >= 0.6 is 11.6 Å². The van der Waals surface area contributed by atoms with E-state index in [1.807, 2.05) is 19.1 Å². The number of hydrogen-bond acceptors (Lipinski definition) is 3. The fourth-order valence-electron chi connectivity index (χ4n) is 2.91. The Labute approximate surface area is 144 Å². The number of amides is 1. The molecule has 0 aromatic heterocycles. The number of benzene rings is 1. The van der Waals surface area contributed by atoms with Crippen molar-refractivity contribution in [2.24, 2.45) is 5.92 Å². The summed E-state index contributed by atoms with van der Waals surface area (Å²) in [6, 6.07) is 5.58. The van der Waals surface area contributed by atoms with Crippen molar-refractivity contribution in [2.45, 2.75) is 19.8 Å². The third-order valence-corrected chi connectivity index (χ3v) is 5.06. The number of hydrogen-bond donors (Lipinski definition) is 1. The van der Waals surface area contributed by atoms with Crippen molar-refractivity contribution in [1.82, 2.24) is 15.1 Å². The summed E-state index contributed by atoms with van der Waals surface area (Å²) in [6.45, 7) is 7.14. The Kier molecular flexibility index (Phi) is 6.88. The number of likely N-dealkylation sites (N-methyl/N-ethyl adjacent to an activating group) is 1. The van der Waals surface area contributed by atoms with Gasteiger partial charge in [0.15, 0.2) is 0 Å². The number of likely N-dealkylation sites (tertiary alicyclic amines) is 1. The van der Waals surface area contributed by atoms with Crippen molar-refractivity contribution in [1.29, 1.82) is 0 Å². The normalized spacial score (nSPS) is 16.7. The molecule has 1 fully saturated rings. The van der Waals surface area contributed by atoms with Crippen molar-refractivity contribution in [3.63, 3.8) is 0 Å². The average molecular weight is 338 g/mol. The molecule has 1 amide bonds. The molecule has 0 unspecified atom stereocenters. The van der Waals surface area contributed by atoms with E-state index in [1.165, 1.54) is 0 Å². The van der Waals surface area contributed by atoms with Gasteiger partial charge in [0.2, 0.25) is 0 Å². The number of carbonyl (C=O) groups excluding carboxylic acids is 1. The van der Waals surface area contributed by atoms with E-state index in [0.29, 0.717) is 16.5 Å². The van der Waals surface area contributed by atoms with Gasteiger partial charge in [-0.15, -0.1) is 0 Å². The molecule has 2 rings (SSSR count). The number of aryl methyl sites for hydroxylation is 1. The number of carbonyl (C=O) groups is 1. The lowest BCUT2D eigenvalue weighted by atomic mass is 9.96. The molecule has 128 valence electrons. The van der Waals surface area contributed by atoms with Crippen LogP contribution in [0.5, 0.6) is 0 Å². The maximum absolute atomic E-state index is 12.3. The quantitative estimate of drug-likeness (QED) is 0.866. The van der Waals surface area contributed by atoms with E-state index in [2.05, 4.69) is 29.2 Å². The summed E-state index contributed by atoms with van der Waals surface area (Å²) in [7, 11) is 4.22. The smallest absolute Gasteiger partial charge is 0.252 e. The highest BCUT2D eigenvalue weighted by Crippen LogP contribution is 2.21. The predicted octanol–water partition coefficient (Wildman–Crippen LogP) is 2.65. The standard InChI is InChI=1S/C18H28ClN3O/c1-14-5-4-6-16(17(14)19)18(23)20-13-15-7-9-22(10-8-15)12-11-21(2)3/h4-6,15H,7-13H2,1-3H3,(H,20,23). The van der Waals surface area contributed by atoms with E-state index >= 15 is 0 Å². The van der Waals surface area contributed by atoms with Gasteiger partial charge >= 0.3 is 0 Å². The minimum absolute atomic E-state index is 0.0614. The highest BCUT2D eigenvalue weighted by molar-refractivity contribution is 6.34. The van der Waals surface area contributed by atoms with Crippen molar-refractivity contribution in [2.75, 3.05) is 46.8 Å². The number of nitrogens with one attached hydrogen (secondary N) is 1. The van der Waals surface area contributed by atoms with Gasteiger partial charge in [0.25, 0.3) is 5.91 Å². The van der Waals surface area contributed by atoms with Crippen LogP contribution in [0.4, 0.5) is 0 Å². The van der Waals surface area contributed by atoms with E-state index in [0.717, 1.165) is 51.1 Å². The van der Waals surface area contributed by atoms with Gasteiger partial charge in [0, 0.05) is 19.6 Å². The molecule has 0 radical (unpaired) electrons. The lowest BCUT2D eigenvalue weighted by Gasteiger charge is -2.32. The van der Waals surface area contributed by atoms with Crippen LogP contribution in [0.2, 0.25) is 5.02 Å². The fraction of sp³-hybridized carbons (Fsp3) is 0.611. The lowest BCUT2D eigenvalue weighted by molar-refractivity contribution is 0.0935. The van der Waals surface area contributed by atoms with Crippen molar-refractivity contribution in [3.05, 3.63) is 34.3 Å². The molecule has 0 atom stereocenters. The van der Waals surface area contributed by atoms with E-state index < -0.39 is 0 Å². The summed E-state index contributed by atoms with van der Waals surface area (Å²) < 4.78 is 0. The molecule has 1 aliphatic heterocycles. The molecule has 1 heterocycles. The Morgan fingerprint density at radius 1 is 1.35 bits per heavy atom.